The van der Waals surface area contributed by atoms with E-state index in [1.807, 2.05) is 25.1 Å². The molecule has 1 aliphatic heterocycles. The van der Waals surface area contributed by atoms with Crippen molar-refractivity contribution in [2.45, 2.75) is 6.92 Å². The Morgan fingerprint density at radius 1 is 1.07 bits per heavy atom. The summed E-state index contributed by atoms with van der Waals surface area (Å²) < 4.78 is 5.43. The Hall–Kier alpha value is -3.29. The molecule has 3 rings (SSSR count). The Kier molecular flexibility index (Phi) is 6.89. The molecule has 0 atom stereocenters. The topological polar surface area (TPSA) is 91.8 Å². The third kappa shape index (κ3) is 5.37. The van der Waals surface area contributed by atoms with Crippen molar-refractivity contribution in [3.05, 3.63) is 71.1 Å². The van der Waals surface area contributed by atoms with E-state index in [1.54, 1.807) is 24.3 Å². The summed E-state index contributed by atoms with van der Waals surface area (Å²) >= 11 is 0. The summed E-state index contributed by atoms with van der Waals surface area (Å²) in [6, 6.07) is 11.0. The maximum atomic E-state index is 12.9. The second kappa shape index (κ2) is 9.77. The summed E-state index contributed by atoms with van der Waals surface area (Å²) in [7, 11) is 0. The number of carbonyl (C=O) groups is 2. The van der Waals surface area contributed by atoms with Crippen LogP contribution in [0.1, 0.15) is 27.3 Å². The highest BCUT2D eigenvalue weighted by Crippen LogP contribution is 2.27. The Balaban J connectivity index is 1.80. The van der Waals surface area contributed by atoms with E-state index in [-0.39, 0.29) is 5.78 Å². The van der Waals surface area contributed by atoms with Gasteiger partial charge in [-0.2, -0.15) is 0 Å². The van der Waals surface area contributed by atoms with Gasteiger partial charge in [-0.15, -0.1) is 0 Å². The Labute approximate surface area is 169 Å². The number of ether oxygens (including phenoxy) is 1. The van der Waals surface area contributed by atoms with Crippen LogP contribution in [-0.4, -0.2) is 48.2 Å². The van der Waals surface area contributed by atoms with Gasteiger partial charge in [0.1, 0.15) is 0 Å². The van der Waals surface area contributed by atoms with Crippen LogP contribution in [0, 0.1) is 6.92 Å². The van der Waals surface area contributed by atoms with Gasteiger partial charge in [-0.05, 0) is 48.9 Å². The predicted octanol–water partition coefficient (Wildman–Crippen LogP) is 2.64. The van der Waals surface area contributed by atoms with Gasteiger partial charge in [0.25, 0.3) is 5.91 Å². The number of anilines is 1. The van der Waals surface area contributed by atoms with E-state index in [0.717, 1.165) is 24.3 Å². The first kappa shape index (κ1) is 20.4. The number of rotatable bonds is 6. The fourth-order valence-electron chi connectivity index (χ4n) is 3.17. The fourth-order valence-corrected chi connectivity index (χ4v) is 3.17. The number of nitrogens with zero attached hydrogens (tertiary/aromatic N) is 2. The van der Waals surface area contributed by atoms with Gasteiger partial charge in [0.05, 0.1) is 30.3 Å². The normalized spacial score (nSPS) is 14.5. The summed E-state index contributed by atoms with van der Waals surface area (Å²) in [6.07, 6.45) is 5.80. The van der Waals surface area contributed by atoms with Crippen molar-refractivity contribution >= 4 is 29.5 Å². The lowest BCUT2D eigenvalue weighted by Crippen LogP contribution is -2.37. The van der Waals surface area contributed by atoms with Crippen LogP contribution in [-0.2, 0) is 9.53 Å². The molecule has 0 bridgehead atoms. The highest BCUT2D eigenvalue weighted by Gasteiger charge is 2.19. The first-order valence-electron chi connectivity index (χ1n) is 9.32. The summed E-state index contributed by atoms with van der Waals surface area (Å²) in [5, 5.41) is 8.53. The van der Waals surface area contributed by atoms with E-state index in [1.165, 1.54) is 23.7 Å². The molecule has 29 heavy (non-hydrogen) atoms. The average molecular weight is 393 g/mol. The molecular formula is C22H23N3O4. The largest absolute Gasteiger partial charge is 0.378 e. The summed E-state index contributed by atoms with van der Waals surface area (Å²) in [4.78, 5) is 30.5. The fraction of sp³-hybridized carbons (Fsp3) is 0.227. The number of hydrogen-bond acceptors (Lipinski definition) is 6. The molecule has 7 nitrogen and oxygen atoms in total. The molecule has 1 aromatic heterocycles. The third-order valence-electron chi connectivity index (χ3n) is 4.54. The number of carbonyl (C=O) groups excluding carboxylic acids is 2. The molecule has 1 saturated heterocycles. The van der Waals surface area contributed by atoms with Crippen molar-refractivity contribution in [1.82, 2.24) is 10.5 Å². The first-order chi connectivity index (χ1) is 14.1. The Bertz CT molecular complexity index is 947. The minimum Gasteiger partial charge on any atom is -0.378 e. The first-order valence-corrected chi connectivity index (χ1v) is 9.32. The van der Waals surface area contributed by atoms with Crippen molar-refractivity contribution in [3.8, 4) is 0 Å². The smallest absolute Gasteiger partial charge is 0.267 e. The SMILES string of the molecule is Cc1cccc(C(=O)C=Cc2cccc(C=CC(=O)NO)n2)c1N1CCOCC1. The number of hydroxylamine groups is 1. The molecule has 0 radical (unpaired) electrons. The lowest BCUT2D eigenvalue weighted by molar-refractivity contribution is -0.124. The lowest BCUT2D eigenvalue weighted by Gasteiger charge is -2.31. The number of morpholine rings is 1. The van der Waals surface area contributed by atoms with Crippen molar-refractivity contribution in [2.24, 2.45) is 0 Å². The Morgan fingerprint density at radius 2 is 1.72 bits per heavy atom. The zero-order valence-electron chi connectivity index (χ0n) is 16.2. The van der Waals surface area contributed by atoms with Crippen LogP contribution in [0.25, 0.3) is 12.2 Å². The molecule has 0 spiro atoms. The zero-order valence-corrected chi connectivity index (χ0v) is 16.2. The van der Waals surface area contributed by atoms with E-state index < -0.39 is 5.91 Å². The van der Waals surface area contributed by atoms with Crippen LogP contribution in [0.2, 0.25) is 0 Å². The van der Waals surface area contributed by atoms with Gasteiger partial charge in [0.2, 0.25) is 0 Å². The molecule has 2 aromatic rings. The maximum Gasteiger partial charge on any atom is 0.267 e. The predicted molar refractivity (Wildman–Crippen MR) is 111 cm³/mol. The van der Waals surface area contributed by atoms with Crippen molar-refractivity contribution in [2.75, 3.05) is 31.2 Å². The van der Waals surface area contributed by atoms with Gasteiger partial charge in [0, 0.05) is 24.7 Å². The third-order valence-corrected chi connectivity index (χ3v) is 4.54. The van der Waals surface area contributed by atoms with E-state index in [0.29, 0.717) is 30.2 Å². The number of hydrogen-bond donors (Lipinski definition) is 2. The molecular weight excluding hydrogens is 370 g/mol. The molecule has 0 aliphatic carbocycles. The quantitative estimate of drug-likeness (QED) is 0.339. The second-order valence-corrected chi connectivity index (χ2v) is 6.56. The van der Waals surface area contributed by atoms with Gasteiger partial charge >= 0.3 is 0 Å². The number of benzene rings is 1. The van der Waals surface area contributed by atoms with Crippen LogP contribution < -0.4 is 10.4 Å². The zero-order chi connectivity index (χ0) is 20.6. The number of allylic oxidation sites excluding steroid dienone is 1. The number of aryl methyl sites for hydroxylation is 1. The van der Waals surface area contributed by atoms with Crippen molar-refractivity contribution in [3.63, 3.8) is 0 Å². The summed E-state index contributed by atoms with van der Waals surface area (Å²) in [5.41, 5.74) is 5.30. The van der Waals surface area contributed by atoms with Crippen LogP contribution in [0.3, 0.4) is 0 Å². The van der Waals surface area contributed by atoms with Crippen LogP contribution in [0.4, 0.5) is 5.69 Å². The number of ketones is 1. The van der Waals surface area contributed by atoms with E-state index in [2.05, 4.69) is 9.88 Å². The highest BCUT2D eigenvalue weighted by atomic mass is 16.5. The van der Waals surface area contributed by atoms with E-state index >= 15 is 0 Å². The molecule has 150 valence electrons. The molecule has 2 heterocycles. The van der Waals surface area contributed by atoms with Gasteiger partial charge in [-0.3, -0.25) is 14.8 Å². The molecule has 0 unspecified atom stereocenters. The molecule has 7 heteroatoms. The minimum absolute atomic E-state index is 0.0994. The number of aromatic nitrogens is 1. The van der Waals surface area contributed by atoms with E-state index in [4.69, 9.17) is 9.94 Å². The summed E-state index contributed by atoms with van der Waals surface area (Å²) in [5.74, 6) is -0.740. The highest BCUT2D eigenvalue weighted by molar-refractivity contribution is 6.10. The van der Waals surface area contributed by atoms with Crippen LogP contribution in [0.15, 0.2) is 48.6 Å². The summed E-state index contributed by atoms with van der Waals surface area (Å²) in [6.45, 7) is 4.82. The van der Waals surface area contributed by atoms with Gasteiger partial charge in [0.15, 0.2) is 5.78 Å². The van der Waals surface area contributed by atoms with Crippen molar-refractivity contribution in [1.29, 1.82) is 0 Å². The molecule has 1 amide bonds. The number of para-hydroxylation sites is 1. The lowest BCUT2D eigenvalue weighted by atomic mass is 10.0. The second-order valence-electron chi connectivity index (χ2n) is 6.56. The Morgan fingerprint density at radius 3 is 2.41 bits per heavy atom. The number of amides is 1. The van der Waals surface area contributed by atoms with Gasteiger partial charge in [-0.1, -0.05) is 18.2 Å². The standard InChI is InChI=1S/C22H23N3O4/c1-16-4-2-7-19(22(16)25-12-14-29-15-13-25)20(26)10-8-17-5-3-6-18(23-17)9-11-21(27)24-28/h2-11,28H,12-15H2,1H3,(H,24,27). The molecule has 1 fully saturated rings. The molecule has 1 aromatic carbocycles. The van der Waals surface area contributed by atoms with E-state index in [9.17, 15) is 9.59 Å². The maximum absolute atomic E-state index is 12.9. The molecule has 1 aliphatic rings. The number of nitrogens with one attached hydrogen (secondary N) is 1. The van der Waals surface area contributed by atoms with Gasteiger partial charge < -0.3 is 9.64 Å². The van der Waals surface area contributed by atoms with Gasteiger partial charge in [-0.25, -0.2) is 10.5 Å². The molecule has 2 N–H and O–H groups in total. The van der Waals surface area contributed by atoms with Crippen molar-refractivity contribution < 1.29 is 19.5 Å². The minimum atomic E-state index is -0.641. The average Bonchev–Trinajstić information content (AvgIpc) is 2.76. The molecule has 0 saturated carbocycles. The monoisotopic (exact) mass is 393 g/mol. The van der Waals surface area contributed by atoms with Crippen LogP contribution >= 0.6 is 0 Å². The van der Waals surface area contributed by atoms with Crippen LogP contribution in [0.5, 0.6) is 0 Å². The number of pyridine rings is 1.